The number of nitrogens with zero attached hydrogens (tertiary/aromatic N) is 1. The lowest BCUT2D eigenvalue weighted by Gasteiger charge is -1.95. The predicted molar refractivity (Wildman–Crippen MR) is 34.0 cm³/mol. The van der Waals surface area contributed by atoms with Gasteiger partial charge >= 0.3 is 0 Å². The van der Waals surface area contributed by atoms with Crippen molar-refractivity contribution in [1.82, 2.24) is 4.98 Å². The number of thiazole rings is 1. The first-order valence-electron chi connectivity index (χ1n) is 2.21. The van der Waals surface area contributed by atoms with Gasteiger partial charge in [-0.2, -0.15) is 0 Å². The molecule has 1 aromatic rings. The third-order valence-corrected chi connectivity index (χ3v) is 2.57. The van der Waals surface area contributed by atoms with Crippen LogP contribution in [0.5, 0.6) is 0 Å². The molecule has 1 atom stereocenters. The molecule has 0 fully saturated rings. The summed E-state index contributed by atoms with van der Waals surface area (Å²) in [4.78, 5) is 3.72. The molecule has 50 valence electrons. The van der Waals surface area contributed by atoms with Gasteiger partial charge in [0, 0.05) is 22.2 Å². The number of rotatable bonds is 1. The van der Waals surface area contributed by atoms with Gasteiger partial charge in [0.1, 0.15) is 0 Å². The monoisotopic (exact) mass is 162 g/mol. The molecule has 1 rings (SSSR count). The highest BCUT2D eigenvalue weighted by Gasteiger charge is 1.95. The minimum absolute atomic E-state index is 0.160. The molecule has 0 amide bonds. The molecular weight excluding hydrogens is 158 g/mol. The van der Waals surface area contributed by atoms with E-state index in [-0.39, 0.29) is 4.34 Å². The van der Waals surface area contributed by atoms with Crippen LogP contribution in [-0.4, -0.2) is 13.7 Å². The third kappa shape index (κ3) is 1.57. The van der Waals surface area contributed by atoms with Crippen molar-refractivity contribution < 1.29 is 8.76 Å². The van der Waals surface area contributed by atoms with Crippen LogP contribution >= 0.6 is 11.3 Å². The Morgan fingerprint density at radius 2 is 2.56 bits per heavy atom. The van der Waals surface area contributed by atoms with E-state index in [9.17, 15) is 8.76 Å². The molecule has 0 aliphatic carbocycles. The Hall–Kier alpha value is -0.260. The van der Waals surface area contributed by atoms with E-state index in [0.29, 0.717) is 0 Å². The molecular formula is C4H4NO2S2-. The van der Waals surface area contributed by atoms with Gasteiger partial charge in [-0.3, -0.25) is 4.21 Å². The lowest BCUT2D eigenvalue weighted by molar-refractivity contribution is 0.536. The lowest BCUT2D eigenvalue weighted by Crippen LogP contribution is -1.85. The molecule has 0 aliphatic heterocycles. The number of aromatic nitrogens is 1. The second-order valence-corrected chi connectivity index (χ2v) is 3.46. The zero-order chi connectivity index (χ0) is 6.85. The van der Waals surface area contributed by atoms with Crippen molar-refractivity contribution in [3.8, 4) is 0 Å². The Bertz CT molecular complexity index is 232. The van der Waals surface area contributed by atoms with Crippen LogP contribution in [-0.2, 0) is 11.1 Å². The Morgan fingerprint density at radius 3 is 2.78 bits per heavy atom. The molecule has 0 aromatic carbocycles. The quantitative estimate of drug-likeness (QED) is 0.571. The Kier molecular flexibility index (Phi) is 1.94. The maximum absolute atomic E-state index is 10.2. The fourth-order valence-corrected chi connectivity index (χ4v) is 1.61. The summed E-state index contributed by atoms with van der Waals surface area (Å²) in [5, 5.41) is 1.70. The first-order valence-corrected chi connectivity index (χ1v) is 4.17. The van der Waals surface area contributed by atoms with Gasteiger partial charge in [-0.15, -0.1) is 11.3 Å². The van der Waals surface area contributed by atoms with E-state index in [1.807, 2.05) is 0 Å². The second-order valence-electron chi connectivity index (χ2n) is 1.49. The average molecular weight is 162 g/mol. The van der Waals surface area contributed by atoms with E-state index in [1.54, 1.807) is 12.3 Å². The van der Waals surface area contributed by atoms with Crippen LogP contribution in [0.15, 0.2) is 9.72 Å². The van der Waals surface area contributed by atoms with Crippen molar-refractivity contribution >= 4 is 22.4 Å². The zero-order valence-electron chi connectivity index (χ0n) is 4.66. The predicted octanol–water partition coefficient (Wildman–Crippen LogP) is 0.690. The first kappa shape index (κ1) is 6.85. The van der Waals surface area contributed by atoms with Gasteiger partial charge in [0.05, 0.1) is 0 Å². The maximum atomic E-state index is 10.2. The van der Waals surface area contributed by atoms with Crippen molar-refractivity contribution in [3.05, 3.63) is 11.1 Å². The Morgan fingerprint density at radius 1 is 1.89 bits per heavy atom. The molecule has 1 aromatic heterocycles. The molecule has 0 saturated heterocycles. The van der Waals surface area contributed by atoms with E-state index in [0.717, 1.165) is 17.0 Å². The number of aryl methyl sites for hydroxylation is 1. The van der Waals surface area contributed by atoms with Crippen molar-refractivity contribution in [2.45, 2.75) is 11.3 Å². The van der Waals surface area contributed by atoms with Gasteiger partial charge in [-0.25, -0.2) is 4.98 Å². The van der Waals surface area contributed by atoms with E-state index < -0.39 is 11.1 Å². The second kappa shape index (κ2) is 2.55. The average Bonchev–Trinajstić information content (AvgIpc) is 2.14. The fourth-order valence-electron chi connectivity index (χ4n) is 0.409. The van der Waals surface area contributed by atoms with Crippen LogP contribution in [0.2, 0.25) is 0 Å². The normalized spacial score (nSPS) is 13.6. The summed E-state index contributed by atoms with van der Waals surface area (Å²) < 4.78 is 20.5. The van der Waals surface area contributed by atoms with Crippen molar-refractivity contribution in [1.29, 1.82) is 0 Å². The highest BCUT2D eigenvalue weighted by molar-refractivity contribution is 7.81. The molecule has 0 spiro atoms. The molecule has 0 radical (unpaired) electrons. The molecule has 1 heterocycles. The summed E-state index contributed by atoms with van der Waals surface area (Å²) in [6.45, 7) is 1.76. The first-order chi connectivity index (χ1) is 4.20. The van der Waals surface area contributed by atoms with Crippen molar-refractivity contribution in [2.24, 2.45) is 0 Å². The van der Waals surface area contributed by atoms with Crippen LogP contribution in [0.3, 0.4) is 0 Å². The summed E-state index contributed by atoms with van der Waals surface area (Å²) in [5.74, 6) is 0. The third-order valence-electron chi connectivity index (χ3n) is 0.741. The van der Waals surface area contributed by atoms with E-state index in [2.05, 4.69) is 4.98 Å². The van der Waals surface area contributed by atoms with Crippen LogP contribution in [0.25, 0.3) is 0 Å². The zero-order valence-corrected chi connectivity index (χ0v) is 6.29. The van der Waals surface area contributed by atoms with Crippen LogP contribution in [0, 0.1) is 6.92 Å². The fraction of sp³-hybridized carbons (Fsp3) is 0.250. The lowest BCUT2D eigenvalue weighted by atomic mass is 10.6. The standard InChI is InChI=1S/C4H5NO2S2/c1-3-2-8-4(5-3)9(6)7/h2H,1H3,(H,6,7)/p-1. The van der Waals surface area contributed by atoms with E-state index in [1.165, 1.54) is 0 Å². The summed E-state index contributed by atoms with van der Waals surface area (Å²) in [6.07, 6.45) is 0. The van der Waals surface area contributed by atoms with E-state index in [4.69, 9.17) is 0 Å². The van der Waals surface area contributed by atoms with E-state index >= 15 is 0 Å². The van der Waals surface area contributed by atoms with Crippen LogP contribution in [0.1, 0.15) is 5.69 Å². The smallest absolute Gasteiger partial charge is 0.167 e. The van der Waals surface area contributed by atoms with Crippen LogP contribution < -0.4 is 0 Å². The van der Waals surface area contributed by atoms with Crippen LogP contribution in [0.4, 0.5) is 0 Å². The minimum Gasteiger partial charge on any atom is -0.767 e. The van der Waals surface area contributed by atoms with Gasteiger partial charge in [-0.05, 0) is 6.92 Å². The molecule has 0 aliphatic rings. The van der Waals surface area contributed by atoms with Crippen molar-refractivity contribution in [3.63, 3.8) is 0 Å². The molecule has 0 N–H and O–H groups in total. The summed E-state index contributed by atoms with van der Waals surface area (Å²) >= 11 is -1.02. The largest absolute Gasteiger partial charge is 0.767 e. The molecule has 3 nitrogen and oxygen atoms in total. The Labute approximate surface area is 59.0 Å². The topological polar surface area (TPSA) is 53.0 Å². The van der Waals surface area contributed by atoms with Gasteiger partial charge in [0.2, 0.25) is 0 Å². The molecule has 0 bridgehead atoms. The number of hydrogen-bond donors (Lipinski definition) is 0. The molecule has 9 heavy (non-hydrogen) atoms. The van der Waals surface area contributed by atoms with Crippen molar-refractivity contribution in [2.75, 3.05) is 0 Å². The number of hydrogen-bond acceptors (Lipinski definition) is 4. The summed E-state index contributed by atoms with van der Waals surface area (Å²) in [7, 11) is 0. The highest BCUT2D eigenvalue weighted by atomic mass is 32.2. The maximum Gasteiger partial charge on any atom is 0.167 e. The summed E-state index contributed by atoms with van der Waals surface area (Å²) in [6, 6.07) is 0. The highest BCUT2D eigenvalue weighted by Crippen LogP contribution is 2.10. The van der Waals surface area contributed by atoms with Gasteiger partial charge in [0.15, 0.2) is 4.34 Å². The summed E-state index contributed by atoms with van der Waals surface area (Å²) in [5.41, 5.74) is 0.749. The SMILES string of the molecule is Cc1csc(S(=O)[O-])n1. The van der Waals surface area contributed by atoms with Gasteiger partial charge < -0.3 is 4.55 Å². The molecule has 1 unspecified atom stereocenters. The minimum atomic E-state index is -2.15. The molecule has 0 saturated carbocycles. The van der Waals surface area contributed by atoms with Gasteiger partial charge in [0.25, 0.3) is 0 Å². The van der Waals surface area contributed by atoms with Gasteiger partial charge in [-0.1, -0.05) is 0 Å². The molecule has 5 heteroatoms. The Balaban J connectivity index is 2.98.